The molecule has 0 saturated carbocycles. The molecule has 1 saturated heterocycles. The summed E-state index contributed by atoms with van der Waals surface area (Å²) in [5.74, 6) is 0.128. The lowest BCUT2D eigenvalue weighted by molar-refractivity contribution is -0.153. The summed E-state index contributed by atoms with van der Waals surface area (Å²) < 4.78 is 20.1. The maximum Gasteiger partial charge on any atom is 0.253 e. The third-order valence-electron chi connectivity index (χ3n) is 3.00. The van der Waals surface area contributed by atoms with Crippen molar-refractivity contribution in [3.05, 3.63) is 28.1 Å². The predicted octanol–water partition coefficient (Wildman–Crippen LogP) is 6.85. The summed E-state index contributed by atoms with van der Waals surface area (Å²) in [7, 11) is 0.313. The van der Waals surface area contributed by atoms with Crippen molar-refractivity contribution in [2.45, 2.75) is 48.5 Å². The first-order valence-electron chi connectivity index (χ1n) is 9.78. The third kappa shape index (κ3) is 17.8. The fourth-order valence-electron chi connectivity index (χ4n) is 1.90. The Balaban J connectivity index is 0. The highest BCUT2D eigenvalue weighted by atomic mass is 35.5. The van der Waals surface area contributed by atoms with Crippen molar-refractivity contribution >= 4 is 19.9 Å². The normalized spacial score (nSPS) is 15.7. The molecule has 1 unspecified atom stereocenters. The Hall–Kier alpha value is -0.980. The summed E-state index contributed by atoms with van der Waals surface area (Å²) in [6, 6.07) is 4.39. The zero-order valence-electron chi connectivity index (χ0n) is 19.8. The van der Waals surface area contributed by atoms with E-state index < -0.39 is 8.30 Å². The van der Waals surface area contributed by atoms with Crippen LogP contribution in [0, 0.1) is 15.7 Å². The van der Waals surface area contributed by atoms with E-state index >= 15 is 0 Å². The molecule has 1 fully saturated rings. The number of benzene rings is 1. The van der Waals surface area contributed by atoms with Crippen LogP contribution < -0.4 is 4.52 Å². The first-order valence-corrected chi connectivity index (χ1v) is 11.8. The molecule has 0 radical (unpaired) electrons. The summed E-state index contributed by atoms with van der Waals surface area (Å²) in [6.45, 7) is 19.2. The van der Waals surface area contributed by atoms with Gasteiger partial charge in [0.15, 0.2) is 11.5 Å². The minimum Gasteiger partial charge on any atom is -0.504 e. The number of hydrogen-bond donors (Lipinski definition) is 1. The molecule has 1 N–H and O–H groups in total. The van der Waals surface area contributed by atoms with E-state index in [1.165, 1.54) is 18.8 Å². The fraction of sp³-hybridized carbons (Fsp3) is 0.714. The van der Waals surface area contributed by atoms with Gasteiger partial charge in [-0.3, -0.25) is 0 Å². The molecule has 176 valence electrons. The van der Waals surface area contributed by atoms with E-state index in [9.17, 15) is 10.0 Å². The second kappa shape index (κ2) is 16.7. The number of aromatic hydroxyl groups is 1. The smallest absolute Gasteiger partial charge is 0.253 e. The van der Waals surface area contributed by atoms with Gasteiger partial charge in [0.25, 0.3) is 8.30 Å². The molecule has 0 bridgehead atoms. The van der Waals surface area contributed by atoms with Crippen LogP contribution in [0.15, 0.2) is 23.1 Å². The van der Waals surface area contributed by atoms with Gasteiger partial charge in [0.05, 0.1) is 19.8 Å². The maximum atomic E-state index is 10.0. The van der Waals surface area contributed by atoms with E-state index in [2.05, 4.69) is 39.6 Å². The van der Waals surface area contributed by atoms with Gasteiger partial charge >= 0.3 is 0 Å². The molecule has 0 spiro atoms. The van der Waals surface area contributed by atoms with Crippen LogP contribution >= 0.6 is 19.9 Å². The minimum atomic E-state index is -1.41. The summed E-state index contributed by atoms with van der Waals surface area (Å²) in [5, 5.41) is 9.70. The maximum absolute atomic E-state index is 10.0. The van der Waals surface area contributed by atoms with Crippen molar-refractivity contribution in [1.82, 2.24) is 0 Å². The number of methoxy groups -OCH3 is 1. The second-order valence-electron chi connectivity index (χ2n) is 8.22. The number of phenolic OH excluding ortho intramolecular Hbond substituents is 1. The van der Waals surface area contributed by atoms with Gasteiger partial charge < -0.3 is 23.8 Å². The van der Waals surface area contributed by atoms with E-state index in [0.29, 0.717) is 17.2 Å². The van der Waals surface area contributed by atoms with Gasteiger partial charge in [-0.2, -0.15) is 0 Å². The van der Waals surface area contributed by atoms with Crippen LogP contribution in [0.5, 0.6) is 11.5 Å². The van der Waals surface area contributed by atoms with E-state index in [1.54, 1.807) is 13.2 Å². The van der Waals surface area contributed by atoms with Gasteiger partial charge in [-0.15, -0.1) is 4.91 Å². The number of phenols is 1. The molecule has 7 nitrogen and oxygen atoms in total. The van der Waals surface area contributed by atoms with Crippen molar-refractivity contribution < 1.29 is 23.8 Å². The molecule has 1 atom stereocenters. The lowest BCUT2D eigenvalue weighted by Crippen LogP contribution is -2.31. The molecule has 9 heteroatoms. The molecule has 1 aliphatic heterocycles. The number of nitrogens with zero attached hydrogens (tertiary/aromatic N) is 1. The summed E-state index contributed by atoms with van der Waals surface area (Å²) in [4.78, 5) is 12.7. The Bertz CT molecular complexity index is 573. The number of rotatable bonds is 4. The third-order valence-corrected chi connectivity index (χ3v) is 3.92. The zero-order valence-corrected chi connectivity index (χ0v) is 21.5. The van der Waals surface area contributed by atoms with E-state index in [4.69, 9.17) is 30.3 Å². The molecule has 30 heavy (non-hydrogen) atoms. The van der Waals surface area contributed by atoms with E-state index in [-0.39, 0.29) is 16.9 Å². The van der Waals surface area contributed by atoms with Crippen LogP contribution in [-0.4, -0.2) is 45.5 Å². The largest absolute Gasteiger partial charge is 0.504 e. The van der Waals surface area contributed by atoms with Gasteiger partial charge in [-0.1, -0.05) is 60.1 Å². The first kappa shape index (κ1) is 31.2. The van der Waals surface area contributed by atoms with Gasteiger partial charge in [0.2, 0.25) is 0 Å². The van der Waals surface area contributed by atoms with Crippen LogP contribution in [-0.2, 0) is 14.2 Å². The summed E-state index contributed by atoms with van der Waals surface area (Å²) in [6.07, 6.45) is 0. The number of halogens is 1. The molecule has 1 heterocycles. The van der Waals surface area contributed by atoms with E-state index in [0.717, 1.165) is 19.8 Å². The average Bonchev–Trinajstić information content (AvgIpc) is 2.65. The van der Waals surface area contributed by atoms with Crippen LogP contribution in [0.3, 0.4) is 0 Å². The van der Waals surface area contributed by atoms with Crippen molar-refractivity contribution in [3.63, 3.8) is 0 Å². The Morgan fingerprint density at radius 2 is 1.77 bits per heavy atom. The van der Waals surface area contributed by atoms with Gasteiger partial charge in [-0.25, -0.2) is 0 Å². The molecule has 1 aromatic carbocycles. The van der Waals surface area contributed by atoms with Crippen LogP contribution in [0.4, 0.5) is 0 Å². The fourth-order valence-corrected chi connectivity index (χ4v) is 2.53. The molecular weight excluding hydrogens is 429 g/mol. The number of ether oxygens (including phenoxy) is 3. The molecule has 0 aromatic heterocycles. The Morgan fingerprint density at radius 3 is 2.07 bits per heavy atom. The topological polar surface area (TPSA) is 86.6 Å². The molecule has 0 amide bonds. The molecule has 1 aliphatic rings. The highest BCUT2D eigenvalue weighted by molar-refractivity contribution is 7.50. The molecule has 1 aromatic rings. The van der Waals surface area contributed by atoms with Gasteiger partial charge in [-0.05, 0) is 22.5 Å². The second-order valence-corrected chi connectivity index (χ2v) is 9.93. The summed E-state index contributed by atoms with van der Waals surface area (Å²) >= 11 is 5.59. The Kier molecular flexibility index (Phi) is 17.4. The van der Waals surface area contributed by atoms with Gasteiger partial charge in [0, 0.05) is 30.3 Å². The van der Waals surface area contributed by atoms with Crippen LogP contribution in [0.2, 0.25) is 5.02 Å². The average molecular weight is 468 g/mol. The monoisotopic (exact) mass is 467 g/mol. The number of nitroso groups, excluding NO2 is 1. The quantitative estimate of drug-likeness (QED) is 0.384. The predicted molar refractivity (Wildman–Crippen MR) is 126 cm³/mol. The van der Waals surface area contributed by atoms with Crippen molar-refractivity contribution in [1.29, 1.82) is 0 Å². The van der Waals surface area contributed by atoms with Gasteiger partial charge in [0.1, 0.15) is 6.79 Å². The number of hydrogen-bond acceptors (Lipinski definition) is 7. The van der Waals surface area contributed by atoms with Crippen molar-refractivity contribution in [2.75, 3.05) is 40.4 Å². The Labute approximate surface area is 188 Å². The zero-order chi connectivity index (χ0) is 23.8. The minimum absolute atomic E-state index is 0.0921. The molecular formula is C21H39ClNO6P. The lowest BCUT2D eigenvalue weighted by Gasteiger charge is -2.28. The highest BCUT2D eigenvalue weighted by Crippen LogP contribution is 2.40. The van der Waals surface area contributed by atoms with Crippen LogP contribution in [0.1, 0.15) is 48.5 Å². The highest BCUT2D eigenvalue weighted by Gasteiger charge is 2.21. The first-order chi connectivity index (χ1) is 13.9. The van der Waals surface area contributed by atoms with E-state index in [1.807, 2.05) is 13.8 Å². The summed E-state index contributed by atoms with van der Waals surface area (Å²) in [5.41, 5.74) is 0.562. The lowest BCUT2D eigenvalue weighted by atomic mass is 9.96. The standard InChI is InChI=1S/C7H7ClNO3P.C6H12O2.C6H14O.C2H6/c1-13(9-11)12-7-3-2-5(8)4-6(7)10;1-6(2)3-7-5-8-4-6;1-6(2,3)5-7-4;1-2/h2-4,10H,1H3;3-5H2,1-2H3;5H2,1-4H3;1-2H3. The molecule has 0 aliphatic carbocycles. The van der Waals surface area contributed by atoms with Crippen LogP contribution in [0.25, 0.3) is 0 Å². The molecule has 2 rings (SSSR count). The van der Waals surface area contributed by atoms with Crippen molar-refractivity contribution in [2.24, 2.45) is 15.8 Å². The SMILES string of the molecule is CC.CC1(C)COCOC1.COCC(C)(C)C.CP(N=O)Oc1ccc(Cl)cc1O. The van der Waals surface area contributed by atoms with Crippen molar-refractivity contribution in [3.8, 4) is 11.5 Å². The Morgan fingerprint density at radius 1 is 1.23 bits per heavy atom.